The number of hydrogen-bond donors (Lipinski definition) is 1. The Labute approximate surface area is 104 Å². The molecular formula is C10H7N2O5S-. The van der Waals surface area contributed by atoms with E-state index in [1.807, 2.05) is 0 Å². The van der Waals surface area contributed by atoms with E-state index in [0.29, 0.717) is 0 Å². The van der Waals surface area contributed by atoms with Crippen molar-refractivity contribution in [3.8, 4) is 0 Å². The van der Waals surface area contributed by atoms with Gasteiger partial charge in [-0.3, -0.25) is 4.79 Å². The summed E-state index contributed by atoms with van der Waals surface area (Å²) < 4.78 is 4.55. The van der Waals surface area contributed by atoms with Gasteiger partial charge >= 0.3 is 5.97 Å². The number of aliphatic carboxylic acids is 1. The number of H-pyrrole nitrogens is 1. The molecule has 2 rings (SSSR count). The van der Waals surface area contributed by atoms with Crippen LogP contribution in [0, 0.1) is 0 Å². The molecule has 0 saturated carbocycles. The molecule has 0 aliphatic heterocycles. The van der Waals surface area contributed by atoms with E-state index in [1.165, 1.54) is 13.4 Å². The second-order valence-corrected chi connectivity index (χ2v) is 4.36. The summed E-state index contributed by atoms with van der Waals surface area (Å²) in [6.45, 7) is 0. The minimum absolute atomic E-state index is 0.0564. The van der Waals surface area contributed by atoms with Crippen LogP contribution in [-0.4, -0.2) is 29.0 Å². The number of rotatable bonds is 3. The minimum atomic E-state index is -1.39. The summed E-state index contributed by atoms with van der Waals surface area (Å²) in [6, 6.07) is 0. The van der Waals surface area contributed by atoms with Gasteiger partial charge in [-0.2, -0.15) is 0 Å². The number of aromatic amines is 1. The first kappa shape index (κ1) is 12.2. The SMILES string of the molecule is COC(=O)c1sc2nc[nH]c(=O)c2c1CC(=O)[O-]. The molecule has 0 aromatic carbocycles. The summed E-state index contributed by atoms with van der Waals surface area (Å²) in [5.74, 6) is -2.09. The Bertz CT molecular complexity index is 687. The number of fused-ring (bicyclic) bond motifs is 1. The van der Waals surface area contributed by atoms with Crippen LogP contribution in [0.25, 0.3) is 10.2 Å². The van der Waals surface area contributed by atoms with Crippen molar-refractivity contribution in [3.05, 3.63) is 27.1 Å². The van der Waals surface area contributed by atoms with Gasteiger partial charge in [-0.1, -0.05) is 0 Å². The predicted octanol–water partition coefficient (Wildman–Crippen LogP) is -0.936. The van der Waals surface area contributed by atoms with Crippen LogP contribution in [0.5, 0.6) is 0 Å². The Kier molecular flexibility index (Phi) is 3.11. The zero-order valence-electron chi connectivity index (χ0n) is 9.18. The Balaban J connectivity index is 2.77. The van der Waals surface area contributed by atoms with Gasteiger partial charge in [0.2, 0.25) is 0 Å². The normalized spacial score (nSPS) is 10.5. The molecule has 0 atom stereocenters. The lowest BCUT2D eigenvalue weighted by Crippen LogP contribution is -2.25. The molecular weight excluding hydrogens is 260 g/mol. The van der Waals surface area contributed by atoms with Gasteiger partial charge in [-0.25, -0.2) is 9.78 Å². The van der Waals surface area contributed by atoms with Gasteiger partial charge in [0.15, 0.2) is 0 Å². The number of aromatic nitrogens is 2. The third kappa shape index (κ3) is 1.97. The maximum absolute atomic E-state index is 11.7. The highest BCUT2D eigenvalue weighted by Gasteiger charge is 2.21. The van der Waals surface area contributed by atoms with Crippen molar-refractivity contribution in [3.63, 3.8) is 0 Å². The second-order valence-electron chi connectivity index (χ2n) is 3.36. The Hall–Kier alpha value is -2.22. The molecule has 0 radical (unpaired) electrons. The van der Waals surface area contributed by atoms with Gasteiger partial charge < -0.3 is 19.6 Å². The maximum Gasteiger partial charge on any atom is 0.348 e. The first-order valence-corrected chi connectivity index (χ1v) is 5.63. The van der Waals surface area contributed by atoms with Gasteiger partial charge in [0, 0.05) is 12.4 Å². The molecule has 18 heavy (non-hydrogen) atoms. The van der Waals surface area contributed by atoms with Crippen molar-refractivity contribution in [2.75, 3.05) is 7.11 Å². The number of carbonyl (C=O) groups is 2. The Morgan fingerprint density at radius 1 is 1.56 bits per heavy atom. The standard InChI is InChI=1S/C10H8N2O5S/c1-17-10(16)7-4(2-5(13)14)6-8(15)11-3-12-9(6)18-7/h3H,2H2,1H3,(H,13,14)(H,11,12,15)/p-1. The number of carboxylic acids is 1. The number of methoxy groups -OCH3 is 1. The molecule has 7 nitrogen and oxygen atoms in total. The third-order valence-corrected chi connectivity index (χ3v) is 3.40. The summed E-state index contributed by atoms with van der Waals surface area (Å²) in [7, 11) is 1.17. The van der Waals surface area contributed by atoms with Crippen LogP contribution in [0.15, 0.2) is 11.1 Å². The highest BCUT2D eigenvalue weighted by molar-refractivity contribution is 7.20. The topological polar surface area (TPSA) is 112 Å². The van der Waals surface area contributed by atoms with Crippen LogP contribution in [0.1, 0.15) is 15.2 Å². The molecule has 94 valence electrons. The van der Waals surface area contributed by atoms with Crippen molar-refractivity contribution in [1.82, 2.24) is 9.97 Å². The van der Waals surface area contributed by atoms with Crippen LogP contribution in [0.4, 0.5) is 0 Å². The number of nitrogens with zero attached hydrogens (tertiary/aromatic N) is 1. The smallest absolute Gasteiger partial charge is 0.348 e. The fourth-order valence-corrected chi connectivity index (χ4v) is 2.65. The van der Waals surface area contributed by atoms with E-state index in [1.54, 1.807) is 0 Å². The first-order chi connectivity index (χ1) is 8.54. The van der Waals surface area contributed by atoms with Crippen LogP contribution in [-0.2, 0) is 16.0 Å². The molecule has 0 saturated heterocycles. The van der Waals surface area contributed by atoms with E-state index < -0.39 is 23.9 Å². The molecule has 0 fully saturated rings. The van der Waals surface area contributed by atoms with Crippen LogP contribution in [0.3, 0.4) is 0 Å². The molecule has 0 spiro atoms. The molecule has 2 aromatic rings. The number of hydrogen-bond acceptors (Lipinski definition) is 7. The predicted molar refractivity (Wildman–Crippen MR) is 60.3 cm³/mol. The lowest BCUT2D eigenvalue weighted by Gasteiger charge is -2.03. The summed E-state index contributed by atoms with van der Waals surface area (Å²) in [5.41, 5.74) is -0.418. The molecule has 0 unspecified atom stereocenters. The van der Waals surface area contributed by atoms with Gasteiger partial charge in [0.1, 0.15) is 9.71 Å². The molecule has 0 amide bonds. The fourth-order valence-electron chi connectivity index (χ4n) is 1.57. The van der Waals surface area contributed by atoms with Gasteiger partial charge in [0.05, 0.1) is 18.8 Å². The minimum Gasteiger partial charge on any atom is -0.550 e. The molecule has 8 heteroatoms. The summed E-state index contributed by atoms with van der Waals surface area (Å²) in [5, 5.41) is 10.8. The number of ether oxygens (including phenoxy) is 1. The van der Waals surface area contributed by atoms with Gasteiger partial charge in [-0.15, -0.1) is 11.3 Å². The zero-order chi connectivity index (χ0) is 13.3. The van der Waals surface area contributed by atoms with Crippen LogP contribution >= 0.6 is 11.3 Å². The number of carbonyl (C=O) groups excluding carboxylic acids is 2. The number of nitrogens with one attached hydrogen (secondary N) is 1. The molecule has 1 N–H and O–H groups in total. The van der Waals surface area contributed by atoms with Gasteiger partial charge in [-0.05, 0) is 5.56 Å². The largest absolute Gasteiger partial charge is 0.550 e. The maximum atomic E-state index is 11.7. The highest BCUT2D eigenvalue weighted by Crippen LogP contribution is 2.28. The third-order valence-electron chi connectivity index (χ3n) is 2.28. The van der Waals surface area contributed by atoms with Crippen molar-refractivity contribution < 1.29 is 19.4 Å². The fraction of sp³-hybridized carbons (Fsp3) is 0.200. The van der Waals surface area contributed by atoms with E-state index in [9.17, 15) is 19.5 Å². The molecule has 2 heterocycles. The highest BCUT2D eigenvalue weighted by atomic mass is 32.1. The number of esters is 1. The van der Waals surface area contributed by atoms with E-state index in [4.69, 9.17) is 0 Å². The zero-order valence-corrected chi connectivity index (χ0v) is 10.00. The second kappa shape index (κ2) is 4.57. The Morgan fingerprint density at radius 3 is 2.89 bits per heavy atom. The van der Waals surface area contributed by atoms with E-state index >= 15 is 0 Å². The Morgan fingerprint density at radius 2 is 2.28 bits per heavy atom. The molecule has 0 aliphatic rings. The molecule has 0 aliphatic carbocycles. The van der Waals surface area contributed by atoms with Gasteiger partial charge in [0.25, 0.3) is 5.56 Å². The summed E-state index contributed by atoms with van der Waals surface area (Å²) in [6.07, 6.45) is 0.643. The van der Waals surface area contributed by atoms with Crippen molar-refractivity contribution in [1.29, 1.82) is 0 Å². The van der Waals surface area contributed by atoms with Crippen molar-refractivity contribution in [2.45, 2.75) is 6.42 Å². The lowest BCUT2D eigenvalue weighted by atomic mass is 10.1. The first-order valence-electron chi connectivity index (χ1n) is 4.81. The average molecular weight is 267 g/mol. The van der Waals surface area contributed by atoms with Crippen molar-refractivity contribution >= 4 is 33.5 Å². The van der Waals surface area contributed by atoms with Crippen LogP contribution < -0.4 is 10.7 Å². The summed E-state index contributed by atoms with van der Waals surface area (Å²) >= 11 is 0.916. The van der Waals surface area contributed by atoms with E-state index in [0.717, 1.165) is 11.3 Å². The van der Waals surface area contributed by atoms with Crippen molar-refractivity contribution in [2.24, 2.45) is 0 Å². The summed E-state index contributed by atoms with van der Waals surface area (Å²) in [4.78, 5) is 40.4. The quantitative estimate of drug-likeness (QED) is 0.718. The lowest BCUT2D eigenvalue weighted by molar-refractivity contribution is -0.304. The van der Waals surface area contributed by atoms with E-state index in [2.05, 4.69) is 14.7 Å². The average Bonchev–Trinajstić information content (AvgIpc) is 2.68. The van der Waals surface area contributed by atoms with E-state index in [-0.39, 0.29) is 20.7 Å². The molecule has 0 bridgehead atoms. The number of thiophene rings is 1. The molecule has 2 aromatic heterocycles. The number of carboxylic acid groups (broad SMARTS) is 1. The van der Waals surface area contributed by atoms with Crippen LogP contribution in [0.2, 0.25) is 0 Å². The monoisotopic (exact) mass is 267 g/mol.